The van der Waals surface area contributed by atoms with Crippen LogP contribution in [0.25, 0.3) is 0 Å². The van der Waals surface area contributed by atoms with Gasteiger partial charge in [-0.3, -0.25) is 9.59 Å². The molecule has 0 spiro atoms. The van der Waals surface area contributed by atoms with E-state index in [0.717, 1.165) is 0 Å². The van der Waals surface area contributed by atoms with E-state index in [0.29, 0.717) is 30.8 Å². The van der Waals surface area contributed by atoms with E-state index < -0.39 is 0 Å². The molecule has 20 heavy (non-hydrogen) atoms. The fourth-order valence-electron chi connectivity index (χ4n) is 1.88. The molecule has 1 aliphatic heterocycles. The quantitative estimate of drug-likeness (QED) is 0.667. The fourth-order valence-corrected chi connectivity index (χ4v) is 2.81. The van der Waals surface area contributed by atoms with Crippen LogP contribution < -0.4 is 5.32 Å². The van der Waals surface area contributed by atoms with Gasteiger partial charge in [-0.1, -0.05) is 30.3 Å². The van der Waals surface area contributed by atoms with Crippen molar-refractivity contribution in [3.05, 3.63) is 47.0 Å². The number of nitrogens with one attached hydrogen (secondary N) is 1. The Labute approximate surface area is 122 Å². The summed E-state index contributed by atoms with van der Waals surface area (Å²) in [6.45, 7) is 2.78. The molecule has 1 N–H and O–H groups in total. The van der Waals surface area contributed by atoms with Crippen molar-refractivity contribution in [3.8, 4) is 0 Å². The van der Waals surface area contributed by atoms with Crippen molar-refractivity contribution in [3.63, 3.8) is 0 Å². The first-order valence-electron chi connectivity index (χ1n) is 6.55. The molecule has 1 heterocycles. The van der Waals surface area contributed by atoms with Crippen LogP contribution in [0.2, 0.25) is 0 Å². The summed E-state index contributed by atoms with van der Waals surface area (Å²) >= 11 is 1.50. The van der Waals surface area contributed by atoms with E-state index in [1.807, 2.05) is 18.2 Å². The summed E-state index contributed by atoms with van der Waals surface area (Å²) in [4.78, 5) is 23.6. The van der Waals surface area contributed by atoms with Crippen LogP contribution in [0.1, 0.15) is 23.7 Å². The Balaban J connectivity index is 1.92. The van der Waals surface area contributed by atoms with Gasteiger partial charge in [-0.25, -0.2) is 0 Å². The van der Waals surface area contributed by atoms with Crippen molar-refractivity contribution in [2.75, 3.05) is 13.2 Å². The third kappa shape index (κ3) is 3.87. The summed E-state index contributed by atoms with van der Waals surface area (Å²) in [5, 5.41) is 5.00. The predicted octanol–water partition coefficient (Wildman–Crippen LogP) is 2.37. The Bertz CT molecular complexity index is 513. The number of benzene rings is 1. The number of hydrogen-bond donors (Lipinski definition) is 1. The van der Waals surface area contributed by atoms with E-state index in [1.54, 1.807) is 24.5 Å². The van der Waals surface area contributed by atoms with Crippen molar-refractivity contribution in [2.45, 2.75) is 18.6 Å². The van der Waals surface area contributed by atoms with Crippen molar-refractivity contribution >= 4 is 23.5 Å². The molecule has 106 valence electrons. The maximum Gasteiger partial charge on any atom is 0.306 e. The molecule has 1 aliphatic rings. The van der Waals surface area contributed by atoms with Gasteiger partial charge in [-0.15, -0.1) is 11.8 Å². The number of thioether (sulfide) groups is 1. The maximum absolute atomic E-state index is 12.2. The molecule has 0 amide bonds. The van der Waals surface area contributed by atoms with Crippen LogP contribution in [-0.4, -0.2) is 30.2 Å². The smallest absolute Gasteiger partial charge is 0.306 e. The number of rotatable bonds is 5. The first-order chi connectivity index (χ1) is 9.70. The summed E-state index contributed by atoms with van der Waals surface area (Å²) in [7, 11) is 0. The van der Waals surface area contributed by atoms with Crippen LogP contribution in [0, 0.1) is 0 Å². The molecule has 1 aromatic rings. The van der Waals surface area contributed by atoms with Crippen molar-refractivity contribution in [2.24, 2.45) is 0 Å². The molecule has 4 nitrogen and oxygen atoms in total. The number of carbonyl (C=O) groups excluding carboxylic acids is 2. The van der Waals surface area contributed by atoms with Gasteiger partial charge in [0.15, 0.2) is 0 Å². The van der Waals surface area contributed by atoms with Crippen LogP contribution in [0.4, 0.5) is 0 Å². The Morgan fingerprint density at radius 1 is 1.35 bits per heavy atom. The zero-order valence-corrected chi connectivity index (χ0v) is 12.1. The zero-order chi connectivity index (χ0) is 14.4. The average molecular weight is 291 g/mol. The van der Waals surface area contributed by atoms with E-state index in [1.165, 1.54) is 11.8 Å². The first kappa shape index (κ1) is 14.7. The molecular weight excluding hydrogens is 274 g/mol. The van der Waals surface area contributed by atoms with Crippen LogP contribution in [0.3, 0.4) is 0 Å². The first-order valence-corrected chi connectivity index (χ1v) is 7.50. The van der Waals surface area contributed by atoms with E-state index >= 15 is 0 Å². The average Bonchev–Trinajstić information content (AvgIpc) is 2.48. The van der Waals surface area contributed by atoms with Crippen molar-refractivity contribution in [1.82, 2.24) is 5.32 Å². The largest absolute Gasteiger partial charge is 0.466 e. The lowest BCUT2D eigenvalue weighted by molar-refractivity contribution is -0.143. The Morgan fingerprint density at radius 3 is 2.70 bits per heavy atom. The molecule has 0 fully saturated rings. The van der Waals surface area contributed by atoms with Gasteiger partial charge in [0.25, 0.3) is 0 Å². The predicted molar refractivity (Wildman–Crippen MR) is 79.5 cm³/mol. The van der Waals surface area contributed by atoms with Gasteiger partial charge in [0.05, 0.1) is 18.7 Å². The highest BCUT2D eigenvalue weighted by Gasteiger charge is 2.22. The summed E-state index contributed by atoms with van der Waals surface area (Å²) in [5.41, 5.74) is 1.25. The Hall–Kier alpha value is -1.75. The number of hydrogen-bond acceptors (Lipinski definition) is 5. The Kier molecular flexibility index (Phi) is 5.24. The molecule has 1 aromatic carbocycles. The SMILES string of the molecule is CCOC(=O)CC1CNC(C(=O)c2ccccc2)=CS1. The fraction of sp³-hybridized carbons (Fsp3) is 0.333. The number of Topliss-reactive ketones (excluding diaryl/α,β-unsaturated/α-hetero) is 1. The normalized spacial score (nSPS) is 17.9. The molecule has 0 radical (unpaired) electrons. The highest BCUT2D eigenvalue weighted by molar-refractivity contribution is 8.02. The standard InChI is InChI=1S/C15H17NO3S/c1-2-19-14(17)8-12-9-16-13(10-20-12)15(18)11-6-4-3-5-7-11/h3-7,10,12,16H,2,8-9H2,1H3. The molecule has 0 saturated heterocycles. The van der Waals surface area contributed by atoms with E-state index in [2.05, 4.69) is 5.32 Å². The van der Waals surface area contributed by atoms with E-state index in [-0.39, 0.29) is 17.0 Å². The van der Waals surface area contributed by atoms with E-state index in [4.69, 9.17) is 4.74 Å². The minimum absolute atomic E-state index is 0.0207. The number of ether oxygens (including phenoxy) is 1. The number of ketones is 1. The molecule has 1 unspecified atom stereocenters. The van der Waals surface area contributed by atoms with Gasteiger partial charge in [0.1, 0.15) is 0 Å². The summed E-state index contributed by atoms with van der Waals surface area (Å²) in [6, 6.07) is 9.14. The van der Waals surface area contributed by atoms with Crippen LogP contribution in [0.5, 0.6) is 0 Å². The van der Waals surface area contributed by atoms with Gasteiger partial charge in [-0.2, -0.15) is 0 Å². The highest BCUT2D eigenvalue weighted by Crippen LogP contribution is 2.23. The third-order valence-electron chi connectivity index (χ3n) is 2.88. The summed E-state index contributed by atoms with van der Waals surface area (Å²) in [6.07, 6.45) is 0.356. The van der Waals surface area contributed by atoms with Crippen LogP contribution in [0.15, 0.2) is 41.4 Å². The van der Waals surface area contributed by atoms with Crippen LogP contribution in [-0.2, 0) is 9.53 Å². The number of esters is 1. The molecule has 0 bridgehead atoms. The number of allylic oxidation sites excluding steroid dienone is 1. The molecule has 5 heteroatoms. The summed E-state index contributed by atoms with van der Waals surface area (Å²) in [5.74, 6) is -0.217. The molecule has 0 aliphatic carbocycles. The third-order valence-corrected chi connectivity index (χ3v) is 3.97. The van der Waals surface area contributed by atoms with Gasteiger partial charge < -0.3 is 10.1 Å². The highest BCUT2D eigenvalue weighted by atomic mass is 32.2. The van der Waals surface area contributed by atoms with Gasteiger partial charge in [-0.05, 0) is 12.3 Å². The van der Waals surface area contributed by atoms with E-state index in [9.17, 15) is 9.59 Å². The lowest BCUT2D eigenvalue weighted by Gasteiger charge is -2.22. The van der Waals surface area contributed by atoms with Crippen molar-refractivity contribution < 1.29 is 14.3 Å². The number of carbonyl (C=O) groups is 2. The van der Waals surface area contributed by atoms with Gasteiger partial charge in [0, 0.05) is 17.4 Å². The molecule has 2 rings (SSSR count). The molecular formula is C15H17NO3S. The maximum atomic E-state index is 12.2. The minimum Gasteiger partial charge on any atom is -0.466 e. The van der Waals surface area contributed by atoms with Crippen molar-refractivity contribution in [1.29, 1.82) is 0 Å². The molecule has 1 atom stereocenters. The summed E-state index contributed by atoms with van der Waals surface area (Å²) < 4.78 is 4.92. The zero-order valence-electron chi connectivity index (χ0n) is 11.3. The van der Waals surface area contributed by atoms with Gasteiger partial charge in [0.2, 0.25) is 5.78 Å². The molecule has 0 saturated carbocycles. The topological polar surface area (TPSA) is 55.4 Å². The van der Waals surface area contributed by atoms with Gasteiger partial charge >= 0.3 is 5.97 Å². The second kappa shape index (κ2) is 7.14. The minimum atomic E-state index is -0.196. The lowest BCUT2D eigenvalue weighted by atomic mass is 10.1. The monoisotopic (exact) mass is 291 g/mol. The molecule has 0 aromatic heterocycles. The second-order valence-electron chi connectivity index (χ2n) is 4.37. The van der Waals surface area contributed by atoms with Crippen LogP contribution >= 0.6 is 11.8 Å². The second-order valence-corrected chi connectivity index (χ2v) is 5.55. The Morgan fingerprint density at radius 2 is 2.10 bits per heavy atom. The lowest BCUT2D eigenvalue weighted by Crippen LogP contribution is -2.32.